The van der Waals surface area contributed by atoms with Gasteiger partial charge in [-0.25, -0.2) is 4.98 Å². The van der Waals surface area contributed by atoms with Crippen molar-refractivity contribution in [3.63, 3.8) is 0 Å². The number of aryl methyl sites for hydroxylation is 1. The highest BCUT2D eigenvalue weighted by Crippen LogP contribution is 2.25. The first-order chi connectivity index (χ1) is 14.6. The molecule has 0 fully saturated rings. The zero-order chi connectivity index (χ0) is 21.3. The molecule has 0 aliphatic carbocycles. The molecule has 0 saturated carbocycles. The molecule has 3 rings (SSSR count). The van der Waals surface area contributed by atoms with E-state index in [0.29, 0.717) is 37.8 Å². The second kappa shape index (κ2) is 10.5. The SMILES string of the molecule is C/C=C/C(=O)NCCCCNc1nc2cc(OCCOC)ccc2n2c(C)nnc12. The van der Waals surface area contributed by atoms with Crippen molar-refractivity contribution in [2.45, 2.75) is 26.7 Å². The molecule has 0 radical (unpaired) electrons. The molecule has 2 heterocycles. The summed E-state index contributed by atoms with van der Waals surface area (Å²) in [5.74, 6) is 2.14. The third-order valence-electron chi connectivity index (χ3n) is 4.53. The number of amides is 1. The maximum atomic E-state index is 11.4. The summed E-state index contributed by atoms with van der Waals surface area (Å²) in [6.07, 6.45) is 5.00. The predicted octanol–water partition coefficient (Wildman–Crippen LogP) is 2.50. The number of nitrogens with one attached hydrogen (secondary N) is 2. The minimum absolute atomic E-state index is 0.0641. The largest absolute Gasteiger partial charge is 0.491 e. The van der Waals surface area contributed by atoms with Crippen LogP contribution in [0.2, 0.25) is 0 Å². The lowest BCUT2D eigenvalue weighted by Gasteiger charge is -2.11. The third kappa shape index (κ3) is 5.24. The van der Waals surface area contributed by atoms with Gasteiger partial charge in [0.15, 0.2) is 5.82 Å². The standard InChI is InChI=1S/C21H28N6O3/c1-4-7-19(28)22-10-5-6-11-23-20-21-26-25-15(2)27(21)18-9-8-16(14-17(18)24-20)30-13-12-29-3/h4,7-9,14H,5-6,10-13H2,1-3H3,(H,22,28)(H,23,24)/b7-4+. The van der Waals surface area contributed by atoms with Crippen LogP contribution < -0.4 is 15.4 Å². The van der Waals surface area contributed by atoms with Gasteiger partial charge >= 0.3 is 0 Å². The lowest BCUT2D eigenvalue weighted by Crippen LogP contribution is -2.22. The number of nitrogens with zero attached hydrogens (tertiary/aromatic N) is 4. The van der Waals surface area contributed by atoms with Crippen molar-refractivity contribution < 1.29 is 14.3 Å². The minimum Gasteiger partial charge on any atom is -0.491 e. The maximum absolute atomic E-state index is 11.4. The molecule has 2 aromatic heterocycles. The van der Waals surface area contributed by atoms with E-state index < -0.39 is 0 Å². The summed E-state index contributed by atoms with van der Waals surface area (Å²) in [5, 5.41) is 14.7. The second-order valence-corrected chi connectivity index (χ2v) is 6.78. The Bertz CT molecular complexity index is 1030. The summed E-state index contributed by atoms with van der Waals surface area (Å²) in [5.41, 5.74) is 2.40. The Morgan fingerprint density at radius 1 is 1.20 bits per heavy atom. The lowest BCUT2D eigenvalue weighted by molar-refractivity contribution is -0.116. The van der Waals surface area contributed by atoms with Crippen LogP contribution in [0.5, 0.6) is 5.75 Å². The Kier molecular flexibility index (Phi) is 7.56. The van der Waals surface area contributed by atoms with Crippen molar-refractivity contribution in [2.24, 2.45) is 0 Å². The molecule has 160 valence electrons. The Morgan fingerprint density at radius 3 is 2.83 bits per heavy atom. The van der Waals surface area contributed by atoms with E-state index in [9.17, 15) is 4.79 Å². The van der Waals surface area contributed by atoms with Crippen molar-refractivity contribution in [1.82, 2.24) is 24.9 Å². The molecule has 2 N–H and O–H groups in total. The highest BCUT2D eigenvalue weighted by molar-refractivity contribution is 5.87. The fourth-order valence-electron chi connectivity index (χ4n) is 3.09. The average Bonchev–Trinajstić information content (AvgIpc) is 3.13. The van der Waals surface area contributed by atoms with Crippen LogP contribution in [0.1, 0.15) is 25.6 Å². The van der Waals surface area contributed by atoms with E-state index >= 15 is 0 Å². The van der Waals surface area contributed by atoms with E-state index in [2.05, 4.69) is 20.8 Å². The number of allylic oxidation sites excluding steroid dienone is 1. The van der Waals surface area contributed by atoms with E-state index in [1.807, 2.05) is 36.4 Å². The highest BCUT2D eigenvalue weighted by Gasteiger charge is 2.13. The smallest absolute Gasteiger partial charge is 0.243 e. The number of carbonyl (C=O) groups is 1. The van der Waals surface area contributed by atoms with Gasteiger partial charge < -0.3 is 20.1 Å². The van der Waals surface area contributed by atoms with Gasteiger partial charge in [-0.05, 0) is 44.9 Å². The summed E-state index contributed by atoms with van der Waals surface area (Å²) in [6.45, 7) is 6.09. The number of fused-ring (bicyclic) bond motifs is 3. The van der Waals surface area contributed by atoms with E-state index in [1.54, 1.807) is 13.2 Å². The number of aromatic nitrogens is 4. The lowest BCUT2D eigenvalue weighted by atomic mass is 10.2. The van der Waals surface area contributed by atoms with Gasteiger partial charge in [0.25, 0.3) is 0 Å². The number of hydrogen-bond acceptors (Lipinski definition) is 7. The van der Waals surface area contributed by atoms with Crippen molar-refractivity contribution in [3.05, 3.63) is 36.2 Å². The van der Waals surface area contributed by atoms with Crippen molar-refractivity contribution in [3.8, 4) is 5.75 Å². The van der Waals surface area contributed by atoms with Gasteiger partial charge in [0.05, 0.1) is 17.6 Å². The van der Waals surface area contributed by atoms with Crippen molar-refractivity contribution in [1.29, 1.82) is 0 Å². The van der Waals surface area contributed by atoms with Crippen molar-refractivity contribution >= 4 is 28.4 Å². The van der Waals surface area contributed by atoms with E-state index in [4.69, 9.17) is 14.5 Å². The van der Waals surface area contributed by atoms with Gasteiger partial charge in [0, 0.05) is 26.3 Å². The second-order valence-electron chi connectivity index (χ2n) is 6.78. The molecule has 30 heavy (non-hydrogen) atoms. The molecule has 9 nitrogen and oxygen atoms in total. The highest BCUT2D eigenvalue weighted by atomic mass is 16.5. The number of carbonyl (C=O) groups excluding carboxylic acids is 1. The monoisotopic (exact) mass is 412 g/mol. The number of unbranched alkanes of at least 4 members (excludes halogenated alkanes) is 1. The van der Waals surface area contributed by atoms with Crippen LogP contribution >= 0.6 is 0 Å². The number of anilines is 1. The molecule has 0 atom stereocenters. The van der Waals surface area contributed by atoms with Gasteiger partial charge in [-0.15, -0.1) is 10.2 Å². The Labute approximate surface area is 175 Å². The number of rotatable bonds is 11. The van der Waals surface area contributed by atoms with E-state index in [0.717, 1.165) is 35.4 Å². The van der Waals surface area contributed by atoms with E-state index in [-0.39, 0.29) is 5.91 Å². The number of benzene rings is 1. The van der Waals surface area contributed by atoms with Crippen LogP contribution in [0.15, 0.2) is 30.4 Å². The van der Waals surface area contributed by atoms with Gasteiger partial charge in [0.1, 0.15) is 18.2 Å². The van der Waals surface area contributed by atoms with E-state index in [1.165, 1.54) is 6.08 Å². The molecule has 0 aliphatic heterocycles. The number of ether oxygens (including phenoxy) is 2. The first-order valence-electron chi connectivity index (χ1n) is 10.1. The Balaban J connectivity index is 1.70. The summed E-state index contributed by atoms with van der Waals surface area (Å²) in [7, 11) is 1.64. The average molecular weight is 412 g/mol. The van der Waals surface area contributed by atoms with Crippen LogP contribution in [0.3, 0.4) is 0 Å². The van der Waals surface area contributed by atoms with Gasteiger partial charge in [0.2, 0.25) is 11.6 Å². The van der Waals surface area contributed by atoms with Crippen LogP contribution in [-0.2, 0) is 9.53 Å². The summed E-state index contributed by atoms with van der Waals surface area (Å²) < 4.78 is 12.7. The summed E-state index contributed by atoms with van der Waals surface area (Å²) >= 11 is 0. The van der Waals surface area contributed by atoms with Gasteiger partial charge in [-0.3, -0.25) is 9.20 Å². The maximum Gasteiger partial charge on any atom is 0.243 e. The first kappa shape index (κ1) is 21.5. The summed E-state index contributed by atoms with van der Waals surface area (Å²) in [6, 6.07) is 5.78. The quantitative estimate of drug-likeness (QED) is 0.368. The molecule has 1 amide bonds. The minimum atomic E-state index is -0.0641. The predicted molar refractivity (Wildman–Crippen MR) is 116 cm³/mol. The molecule has 0 spiro atoms. The topological polar surface area (TPSA) is 103 Å². The first-order valence-corrected chi connectivity index (χ1v) is 10.1. The van der Waals surface area contributed by atoms with Crippen LogP contribution in [-0.4, -0.2) is 58.9 Å². The van der Waals surface area contributed by atoms with Crippen molar-refractivity contribution in [2.75, 3.05) is 38.7 Å². The summed E-state index contributed by atoms with van der Waals surface area (Å²) in [4.78, 5) is 16.2. The molecule has 0 aliphatic rings. The van der Waals surface area contributed by atoms with Gasteiger partial charge in [-0.1, -0.05) is 6.08 Å². The number of methoxy groups -OCH3 is 1. The number of hydrogen-bond donors (Lipinski definition) is 2. The molecule has 1 aromatic carbocycles. The molecule has 0 saturated heterocycles. The fraction of sp³-hybridized carbons (Fsp3) is 0.429. The van der Waals surface area contributed by atoms with Crippen LogP contribution in [0.25, 0.3) is 16.7 Å². The normalized spacial score (nSPS) is 11.4. The van der Waals surface area contributed by atoms with Gasteiger partial charge in [-0.2, -0.15) is 0 Å². The molecule has 3 aromatic rings. The third-order valence-corrected chi connectivity index (χ3v) is 4.53. The zero-order valence-corrected chi connectivity index (χ0v) is 17.6. The van der Waals surface area contributed by atoms with Crippen LogP contribution in [0, 0.1) is 6.92 Å². The molecule has 0 unspecified atom stereocenters. The Hall–Kier alpha value is -3.20. The fourth-order valence-corrected chi connectivity index (χ4v) is 3.09. The zero-order valence-electron chi connectivity index (χ0n) is 17.6. The Morgan fingerprint density at radius 2 is 2.03 bits per heavy atom. The van der Waals surface area contributed by atoms with Crippen LogP contribution in [0.4, 0.5) is 5.82 Å². The molecular weight excluding hydrogens is 384 g/mol. The molecule has 0 bridgehead atoms. The molecule has 9 heteroatoms. The molecular formula is C21H28N6O3.